The molecule has 1 N–H and O–H groups in total. The molecule has 2 heterocycles. The summed E-state index contributed by atoms with van der Waals surface area (Å²) in [4.78, 5) is 33.6. The summed E-state index contributed by atoms with van der Waals surface area (Å²) in [5.74, 6) is -1.39. The van der Waals surface area contributed by atoms with Crippen molar-refractivity contribution in [3.63, 3.8) is 0 Å². The van der Waals surface area contributed by atoms with Crippen LogP contribution in [-0.2, 0) is 13.0 Å². The number of hydrogen-bond acceptors (Lipinski definition) is 5. The second-order valence-electron chi connectivity index (χ2n) is 8.78. The van der Waals surface area contributed by atoms with E-state index in [0.717, 1.165) is 24.3 Å². The van der Waals surface area contributed by atoms with Crippen molar-refractivity contribution in [1.29, 1.82) is 0 Å². The summed E-state index contributed by atoms with van der Waals surface area (Å²) in [7, 11) is 1.90. The van der Waals surface area contributed by atoms with Crippen LogP contribution in [0.4, 0.5) is 17.1 Å². The van der Waals surface area contributed by atoms with Crippen molar-refractivity contribution in [3.05, 3.63) is 118 Å². The maximum Gasteiger partial charge on any atom is 0.335 e. The van der Waals surface area contributed by atoms with E-state index in [9.17, 15) is 14.7 Å². The Morgan fingerprint density at radius 3 is 2.31 bits per heavy atom. The van der Waals surface area contributed by atoms with Gasteiger partial charge in [0.05, 0.1) is 17.4 Å². The summed E-state index contributed by atoms with van der Waals surface area (Å²) in [5, 5.41) is 10.4. The van der Waals surface area contributed by atoms with Crippen LogP contribution >= 0.6 is 11.6 Å². The Bertz CT molecular complexity index is 1440. The number of fused-ring (bicyclic) bond motifs is 1. The Morgan fingerprint density at radius 2 is 1.61 bits per heavy atom. The van der Waals surface area contributed by atoms with Gasteiger partial charge in [0.2, 0.25) is 5.78 Å². The number of benzene rings is 3. The van der Waals surface area contributed by atoms with Crippen LogP contribution in [0.2, 0.25) is 5.02 Å². The average Bonchev–Trinajstić information content (AvgIpc) is 2.92. The van der Waals surface area contributed by atoms with Crippen molar-refractivity contribution in [2.24, 2.45) is 0 Å². The quantitative estimate of drug-likeness (QED) is 0.329. The van der Waals surface area contributed by atoms with Gasteiger partial charge in [-0.05, 0) is 72.1 Å². The molecule has 6 nitrogen and oxygen atoms in total. The number of rotatable bonds is 6. The second-order valence-corrected chi connectivity index (χ2v) is 9.22. The number of halogens is 1. The van der Waals surface area contributed by atoms with Crippen molar-refractivity contribution in [2.75, 3.05) is 23.4 Å². The van der Waals surface area contributed by atoms with Crippen molar-refractivity contribution in [2.45, 2.75) is 13.0 Å². The predicted molar refractivity (Wildman–Crippen MR) is 142 cm³/mol. The highest BCUT2D eigenvalue weighted by atomic mass is 35.5. The Balaban J connectivity index is 1.41. The maximum atomic E-state index is 13.3. The van der Waals surface area contributed by atoms with E-state index < -0.39 is 5.97 Å². The van der Waals surface area contributed by atoms with Gasteiger partial charge in [-0.2, -0.15) is 0 Å². The van der Waals surface area contributed by atoms with Gasteiger partial charge in [0.15, 0.2) is 0 Å². The minimum atomic E-state index is -1.07. The molecule has 0 amide bonds. The predicted octanol–water partition coefficient (Wildman–Crippen LogP) is 5.99. The van der Waals surface area contributed by atoms with Gasteiger partial charge in [0.25, 0.3) is 0 Å². The van der Waals surface area contributed by atoms with Crippen molar-refractivity contribution in [1.82, 2.24) is 4.98 Å². The zero-order valence-corrected chi connectivity index (χ0v) is 20.4. The first-order valence-electron chi connectivity index (χ1n) is 11.6. The highest BCUT2D eigenvalue weighted by Gasteiger charge is 2.21. The monoisotopic (exact) mass is 497 g/mol. The number of nitrogens with zero attached hydrogens (tertiary/aromatic N) is 3. The Labute approximate surface area is 214 Å². The van der Waals surface area contributed by atoms with Gasteiger partial charge in [0.1, 0.15) is 5.69 Å². The van der Waals surface area contributed by atoms with E-state index in [-0.39, 0.29) is 17.0 Å². The van der Waals surface area contributed by atoms with Crippen LogP contribution in [-0.4, -0.2) is 35.4 Å². The number of pyridine rings is 1. The zero-order chi connectivity index (χ0) is 25.2. The summed E-state index contributed by atoms with van der Waals surface area (Å²) in [6, 6.07) is 24.0. The molecule has 0 radical (unpaired) electrons. The first-order valence-corrected chi connectivity index (χ1v) is 12.0. The molecule has 0 bridgehead atoms. The molecule has 0 unspecified atom stereocenters. The third-order valence-electron chi connectivity index (χ3n) is 6.50. The van der Waals surface area contributed by atoms with Crippen molar-refractivity contribution >= 4 is 40.4 Å². The van der Waals surface area contributed by atoms with Gasteiger partial charge < -0.3 is 14.9 Å². The number of carboxylic acids is 1. The number of hydrogen-bond donors (Lipinski definition) is 1. The molecule has 3 aromatic carbocycles. The van der Waals surface area contributed by atoms with E-state index in [2.05, 4.69) is 22.0 Å². The average molecular weight is 498 g/mol. The van der Waals surface area contributed by atoms with Crippen LogP contribution in [0, 0.1) is 0 Å². The normalized spacial score (nSPS) is 12.7. The minimum Gasteiger partial charge on any atom is -0.478 e. The third-order valence-corrected chi connectivity index (χ3v) is 6.76. The van der Waals surface area contributed by atoms with Gasteiger partial charge in [-0.15, -0.1) is 0 Å². The number of carbonyl (C=O) groups is 2. The van der Waals surface area contributed by atoms with Crippen LogP contribution in [0.15, 0.2) is 85.1 Å². The molecule has 0 fully saturated rings. The fraction of sp³-hybridized carbons (Fsp3) is 0.138. The van der Waals surface area contributed by atoms with E-state index in [1.807, 2.05) is 54.4 Å². The molecule has 0 atom stereocenters. The number of aromatic carboxylic acids is 1. The molecule has 0 saturated heterocycles. The summed E-state index contributed by atoms with van der Waals surface area (Å²) >= 11 is 5.98. The number of aromatic nitrogens is 1. The summed E-state index contributed by atoms with van der Waals surface area (Å²) in [6.45, 7) is 1.41. The number of anilines is 3. The van der Waals surface area contributed by atoms with Crippen LogP contribution in [0.3, 0.4) is 0 Å². The minimum absolute atomic E-state index is 0.0776. The summed E-state index contributed by atoms with van der Waals surface area (Å²) in [5.41, 5.74) is 5.59. The van der Waals surface area contributed by atoms with Crippen LogP contribution < -0.4 is 9.80 Å². The summed E-state index contributed by atoms with van der Waals surface area (Å²) < 4.78 is 0. The molecule has 1 aliphatic rings. The molecule has 36 heavy (non-hydrogen) atoms. The smallest absolute Gasteiger partial charge is 0.335 e. The highest BCUT2D eigenvalue weighted by Crippen LogP contribution is 2.28. The molecule has 4 aromatic rings. The van der Waals surface area contributed by atoms with Gasteiger partial charge in [0, 0.05) is 42.1 Å². The molecular formula is C29H24ClN3O3. The fourth-order valence-corrected chi connectivity index (χ4v) is 4.57. The molecule has 0 spiro atoms. The maximum absolute atomic E-state index is 13.3. The van der Waals surface area contributed by atoms with Crippen molar-refractivity contribution in [3.8, 4) is 0 Å². The largest absolute Gasteiger partial charge is 0.478 e. The third kappa shape index (κ3) is 4.81. The first kappa shape index (κ1) is 23.6. The molecule has 0 aliphatic carbocycles. The lowest BCUT2D eigenvalue weighted by atomic mass is 9.98. The van der Waals surface area contributed by atoms with E-state index in [1.54, 1.807) is 24.4 Å². The number of carbonyl (C=O) groups excluding carboxylic acids is 1. The van der Waals surface area contributed by atoms with Crippen LogP contribution in [0.1, 0.15) is 37.5 Å². The zero-order valence-electron chi connectivity index (χ0n) is 19.7. The molecule has 5 rings (SSSR count). The molecule has 0 saturated carbocycles. The van der Waals surface area contributed by atoms with Crippen molar-refractivity contribution < 1.29 is 14.7 Å². The lowest BCUT2D eigenvalue weighted by molar-refractivity contribution is 0.0697. The number of ketones is 1. The van der Waals surface area contributed by atoms with E-state index in [1.165, 1.54) is 17.2 Å². The second kappa shape index (κ2) is 9.84. The van der Waals surface area contributed by atoms with E-state index >= 15 is 0 Å². The standard InChI is InChI=1S/C29H24ClN3O3/c1-32(24-8-6-23(30)7-9-24)25-10-11-27(31-17-25)28(34)21-14-22(29(35)36)16-26(15-21)33-13-12-19-4-2-3-5-20(19)18-33/h2-11,14-17H,12-13,18H2,1H3,(H,35,36). The lowest BCUT2D eigenvalue weighted by Crippen LogP contribution is -2.30. The Kier molecular flexibility index (Phi) is 6.44. The molecule has 7 heteroatoms. The number of carboxylic acid groups (broad SMARTS) is 1. The van der Waals surface area contributed by atoms with Gasteiger partial charge in [-0.25, -0.2) is 4.79 Å². The van der Waals surface area contributed by atoms with Gasteiger partial charge in [-0.3, -0.25) is 9.78 Å². The first-order chi connectivity index (χ1) is 17.4. The molecule has 1 aliphatic heterocycles. The molecule has 180 valence electrons. The topological polar surface area (TPSA) is 73.7 Å². The SMILES string of the molecule is CN(c1ccc(Cl)cc1)c1ccc(C(=O)c2cc(C(=O)O)cc(N3CCc4ccccc4C3)c2)nc1. The summed E-state index contributed by atoms with van der Waals surface area (Å²) in [6.07, 6.45) is 2.49. The fourth-order valence-electron chi connectivity index (χ4n) is 4.44. The molecular weight excluding hydrogens is 474 g/mol. The van der Waals surface area contributed by atoms with Crippen LogP contribution in [0.5, 0.6) is 0 Å². The van der Waals surface area contributed by atoms with E-state index in [0.29, 0.717) is 22.8 Å². The van der Waals surface area contributed by atoms with Gasteiger partial charge >= 0.3 is 5.97 Å². The Hall–Kier alpha value is -4.16. The lowest BCUT2D eigenvalue weighted by Gasteiger charge is -2.31. The highest BCUT2D eigenvalue weighted by molar-refractivity contribution is 6.30. The van der Waals surface area contributed by atoms with Gasteiger partial charge in [-0.1, -0.05) is 35.9 Å². The molecule has 1 aromatic heterocycles. The van der Waals surface area contributed by atoms with Crippen LogP contribution in [0.25, 0.3) is 0 Å². The van der Waals surface area contributed by atoms with E-state index in [4.69, 9.17) is 11.6 Å². The Morgan fingerprint density at radius 1 is 0.917 bits per heavy atom.